The van der Waals surface area contributed by atoms with Crippen molar-refractivity contribution in [2.45, 2.75) is 94.5 Å². The van der Waals surface area contributed by atoms with E-state index < -0.39 is 61.2 Å². The number of carbonyl (C=O) groups excluding carboxylic acids is 3. The van der Waals surface area contributed by atoms with Crippen LogP contribution in [-0.4, -0.2) is 67.5 Å². The minimum absolute atomic E-state index is 0.0208. The van der Waals surface area contributed by atoms with E-state index in [9.17, 15) is 36.0 Å². The molecule has 1 aliphatic heterocycles. The summed E-state index contributed by atoms with van der Waals surface area (Å²) in [6, 6.07) is 7.42. The zero-order valence-corrected chi connectivity index (χ0v) is 31.1. The number of rotatable bonds is 14. The normalized spacial score (nSPS) is 16.7. The highest BCUT2D eigenvalue weighted by atomic mass is 35.5. The molecule has 3 rings (SSSR count). The minimum atomic E-state index is -4.72. The van der Waals surface area contributed by atoms with Crippen molar-refractivity contribution in [1.82, 2.24) is 15.5 Å². The number of carbonyl (C=O) groups is 3. The Morgan fingerprint density at radius 2 is 1.73 bits per heavy atom. The fourth-order valence-electron chi connectivity index (χ4n) is 5.95. The molecule has 1 saturated heterocycles. The Labute approximate surface area is 303 Å². The summed E-state index contributed by atoms with van der Waals surface area (Å²) in [5, 5.41) is 5.62. The van der Waals surface area contributed by atoms with Crippen LogP contribution in [0, 0.1) is 0 Å². The lowest BCUT2D eigenvalue weighted by Crippen LogP contribution is -2.61. The molecule has 0 aliphatic carbocycles. The molecular formula is C36H46ClF3N4O6S. The SMILES string of the molecule is C=CCN(c1cccc(C(F)(F)F)c1)S(=O)(=O)c1cc(C(=O)NC(CC)(CC)CNC(=O)C2(CC=C)CCCN2C(=O)OC(C)(C)C)ccc1Cl. The van der Waals surface area contributed by atoms with Crippen molar-refractivity contribution < 1.29 is 40.7 Å². The monoisotopic (exact) mass is 754 g/mol. The molecule has 3 amide bonds. The number of amides is 3. The molecule has 0 aromatic heterocycles. The summed E-state index contributed by atoms with van der Waals surface area (Å²) in [5.74, 6) is -1.10. The molecule has 0 saturated carbocycles. The van der Waals surface area contributed by atoms with Gasteiger partial charge in [0.05, 0.1) is 28.4 Å². The topological polar surface area (TPSA) is 125 Å². The summed E-state index contributed by atoms with van der Waals surface area (Å²) >= 11 is 6.33. The molecule has 1 aliphatic rings. The minimum Gasteiger partial charge on any atom is -0.444 e. The van der Waals surface area contributed by atoms with Gasteiger partial charge in [0.25, 0.3) is 15.9 Å². The van der Waals surface area contributed by atoms with Crippen molar-refractivity contribution in [2.24, 2.45) is 0 Å². The highest BCUT2D eigenvalue weighted by molar-refractivity contribution is 7.93. The zero-order chi connectivity index (χ0) is 38.4. The molecule has 280 valence electrons. The van der Waals surface area contributed by atoms with E-state index in [1.165, 1.54) is 29.2 Å². The van der Waals surface area contributed by atoms with Crippen LogP contribution in [0.5, 0.6) is 0 Å². The number of benzene rings is 2. The first kappa shape index (κ1) is 41.4. The van der Waals surface area contributed by atoms with Gasteiger partial charge in [0, 0.05) is 18.7 Å². The lowest BCUT2D eigenvalue weighted by molar-refractivity contribution is -0.137. The molecule has 1 unspecified atom stereocenters. The fraction of sp³-hybridized carbons (Fsp3) is 0.472. The molecule has 1 atom stereocenters. The second kappa shape index (κ2) is 16.1. The van der Waals surface area contributed by atoms with Crippen LogP contribution in [0.25, 0.3) is 0 Å². The number of alkyl halides is 3. The number of ether oxygens (including phenoxy) is 1. The van der Waals surface area contributed by atoms with E-state index in [0.717, 1.165) is 22.5 Å². The number of sulfonamides is 1. The van der Waals surface area contributed by atoms with E-state index in [2.05, 4.69) is 23.8 Å². The van der Waals surface area contributed by atoms with Crippen LogP contribution in [-0.2, 0) is 25.7 Å². The highest BCUT2D eigenvalue weighted by Crippen LogP contribution is 2.36. The van der Waals surface area contributed by atoms with Gasteiger partial charge in [-0.3, -0.25) is 18.8 Å². The molecule has 1 heterocycles. The summed E-state index contributed by atoms with van der Waals surface area (Å²) in [6.07, 6.45) is -0.686. The molecule has 2 aromatic carbocycles. The van der Waals surface area contributed by atoms with Gasteiger partial charge in [-0.1, -0.05) is 43.7 Å². The van der Waals surface area contributed by atoms with Crippen molar-refractivity contribution in [3.8, 4) is 0 Å². The Kier molecular flexibility index (Phi) is 13.1. The molecule has 15 heteroatoms. The van der Waals surface area contributed by atoms with Crippen molar-refractivity contribution in [2.75, 3.05) is 23.9 Å². The maximum Gasteiger partial charge on any atom is 0.416 e. The summed E-state index contributed by atoms with van der Waals surface area (Å²) in [7, 11) is -4.61. The molecule has 1 fully saturated rings. The maximum absolute atomic E-state index is 13.9. The Morgan fingerprint density at radius 1 is 1.06 bits per heavy atom. The van der Waals surface area contributed by atoms with Gasteiger partial charge in [-0.05, 0) is 89.3 Å². The van der Waals surface area contributed by atoms with Crippen LogP contribution >= 0.6 is 11.6 Å². The molecule has 51 heavy (non-hydrogen) atoms. The van der Waals surface area contributed by atoms with Crippen LogP contribution in [0.2, 0.25) is 5.02 Å². The number of hydrogen-bond donors (Lipinski definition) is 2. The van der Waals surface area contributed by atoms with Gasteiger partial charge in [0.15, 0.2) is 0 Å². The van der Waals surface area contributed by atoms with Crippen molar-refractivity contribution in [3.63, 3.8) is 0 Å². The quantitative estimate of drug-likeness (QED) is 0.193. The van der Waals surface area contributed by atoms with E-state index in [0.29, 0.717) is 38.3 Å². The largest absolute Gasteiger partial charge is 0.444 e. The van der Waals surface area contributed by atoms with Gasteiger partial charge in [-0.25, -0.2) is 13.2 Å². The van der Waals surface area contributed by atoms with E-state index in [1.54, 1.807) is 26.8 Å². The van der Waals surface area contributed by atoms with Crippen LogP contribution in [0.4, 0.5) is 23.7 Å². The first-order valence-electron chi connectivity index (χ1n) is 16.5. The molecular weight excluding hydrogens is 709 g/mol. The Balaban J connectivity index is 1.91. The van der Waals surface area contributed by atoms with Crippen molar-refractivity contribution >= 4 is 45.2 Å². The lowest BCUT2D eigenvalue weighted by atomic mass is 9.88. The summed E-state index contributed by atoms with van der Waals surface area (Å²) in [6.45, 7) is 16.1. The predicted molar refractivity (Wildman–Crippen MR) is 191 cm³/mol. The van der Waals surface area contributed by atoms with Crippen molar-refractivity contribution in [3.05, 3.63) is 83.9 Å². The van der Waals surface area contributed by atoms with Crippen LogP contribution in [0.15, 0.2) is 72.7 Å². The number of nitrogens with one attached hydrogen (secondary N) is 2. The van der Waals surface area contributed by atoms with Crippen LogP contribution in [0.1, 0.15) is 82.6 Å². The number of anilines is 1. The summed E-state index contributed by atoms with van der Waals surface area (Å²) < 4.78 is 74.5. The summed E-state index contributed by atoms with van der Waals surface area (Å²) in [5.41, 5.74) is -4.42. The lowest BCUT2D eigenvalue weighted by Gasteiger charge is -2.39. The second-order valence-corrected chi connectivity index (χ2v) is 15.6. The molecule has 0 bridgehead atoms. The highest BCUT2D eigenvalue weighted by Gasteiger charge is 2.50. The van der Waals surface area contributed by atoms with Gasteiger partial charge in [0.2, 0.25) is 5.91 Å². The van der Waals surface area contributed by atoms with E-state index in [4.69, 9.17) is 16.3 Å². The number of halogens is 4. The Hall–Kier alpha value is -4.04. The molecule has 2 N–H and O–H groups in total. The summed E-state index contributed by atoms with van der Waals surface area (Å²) in [4.78, 5) is 41.7. The van der Waals surface area contributed by atoms with Gasteiger partial charge in [-0.2, -0.15) is 13.2 Å². The molecule has 0 radical (unpaired) electrons. The average molecular weight is 755 g/mol. The smallest absolute Gasteiger partial charge is 0.416 e. The van der Waals surface area contributed by atoms with Crippen LogP contribution in [0.3, 0.4) is 0 Å². The van der Waals surface area contributed by atoms with E-state index in [1.807, 2.05) is 13.8 Å². The van der Waals surface area contributed by atoms with E-state index in [-0.39, 0.29) is 35.8 Å². The molecule has 2 aromatic rings. The molecule has 10 nitrogen and oxygen atoms in total. The molecule has 0 spiro atoms. The van der Waals surface area contributed by atoms with Gasteiger partial charge >= 0.3 is 12.3 Å². The number of hydrogen-bond acceptors (Lipinski definition) is 6. The van der Waals surface area contributed by atoms with E-state index >= 15 is 0 Å². The fourth-order valence-corrected chi connectivity index (χ4v) is 7.88. The third kappa shape index (κ3) is 9.45. The third-order valence-corrected chi connectivity index (χ3v) is 11.1. The second-order valence-electron chi connectivity index (χ2n) is 13.4. The number of likely N-dealkylation sites (tertiary alicyclic amines) is 1. The predicted octanol–water partition coefficient (Wildman–Crippen LogP) is 7.49. The van der Waals surface area contributed by atoms with Crippen LogP contribution < -0.4 is 14.9 Å². The van der Waals surface area contributed by atoms with Crippen molar-refractivity contribution in [1.29, 1.82) is 0 Å². The van der Waals surface area contributed by atoms with Gasteiger partial charge in [-0.15, -0.1) is 13.2 Å². The Morgan fingerprint density at radius 3 is 2.29 bits per heavy atom. The number of nitrogens with zero attached hydrogens (tertiary/aromatic N) is 2. The first-order chi connectivity index (χ1) is 23.7. The first-order valence-corrected chi connectivity index (χ1v) is 18.3. The van der Waals surface area contributed by atoms with Gasteiger partial charge < -0.3 is 15.4 Å². The maximum atomic E-state index is 13.9. The van der Waals surface area contributed by atoms with Gasteiger partial charge in [0.1, 0.15) is 16.0 Å². The Bertz CT molecular complexity index is 1740. The third-order valence-electron chi connectivity index (χ3n) is 8.84. The zero-order valence-electron chi connectivity index (χ0n) is 29.5. The average Bonchev–Trinajstić information content (AvgIpc) is 3.49. The standard InChI is InChI=1S/C36H46ClF3N4O6S/c1-8-18-35(19-13-21-43(35)32(47)50-33(5,6)7)31(46)41-24-34(10-3,11-4)42-30(45)25-16-17-28(37)29(22-25)51(48,49)44(20-9-2)27-15-12-14-26(23-27)36(38,39)40/h8-9,12,14-17,22-23H,1-2,10-11,13,18-21,24H2,3-7H3,(H,41,46)(H,42,45).